The number of carbonyl (C=O) groups excluding carboxylic acids is 2. The molecule has 0 heterocycles. The summed E-state index contributed by atoms with van der Waals surface area (Å²) in [5.41, 5.74) is 0.131. The summed E-state index contributed by atoms with van der Waals surface area (Å²) in [4.78, 5) is 23.9. The lowest BCUT2D eigenvalue weighted by Gasteiger charge is -2.19. The van der Waals surface area contributed by atoms with Crippen LogP contribution in [0.15, 0.2) is 48.5 Å². The van der Waals surface area contributed by atoms with E-state index in [2.05, 4.69) is 10.6 Å². The van der Waals surface area contributed by atoms with Gasteiger partial charge in [0.15, 0.2) is 0 Å². The number of alkyl carbamates (subject to hydrolysis) is 1. The van der Waals surface area contributed by atoms with Gasteiger partial charge in [-0.3, -0.25) is 4.79 Å². The van der Waals surface area contributed by atoms with E-state index >= 15 is 0 Å². The zero-order valence-corrected chi connectivity index (χ0v) is 16.4. The second-order valence-electron chi connectivity index (χ2n) is 7.43. The number of alkyl halides is 3. The molecule has 8 heteroatoms. The molecule has 0 saturated carbocycles. The lowest BCUT2D eigenvalue weighted by atomic mass is 10.1. The SMILES string of the molecule is CC(C)(C)OC(=O)NCc1ccc(C(=O)NCc2cccc(C(F)(F)F)c2)cc1. The van der Waals surface area contributed by atoms with Crippen LogP contribution < -0.4 is 10.6 Å². The maximum atomic E-state index is 12.7. The lowest BCUT2D eigenvalue weighted by molar-refractivity contribution is -0.137. The maximum absolute atomic E-state index is 12.7. The van der Waals surface area contributed by atoms with Gasteiger partial charge in [-0.25, -0.2) is 4.79 Å². The predicted octanol–water partition coefficient (Wildman–Crippen LogP) is 4.66. The molecule has 0 unspecified atom stereocenters. The van der Waals surface area contributed by atoms with Crippen LogP contribution in [-0.2, 0) is 24.0 Å². The highest BCUT2D eigenvalue weighted by molar-refractivity contribution is 5.94. The fraction of sp³-hybridized carbons (Fsp3) is 0.333. The van der Waals surface area contributed by atoms with Crippen molar-refractivity contribution in [3.8, 4) is 0 Å². The third-order valence-corrected chi connectivity index (χ3v) is 3.76. The van der Waals surface area contributed by atoms with Gasteiger partial charge in [0.05, 0.1) is 5.56 Å². The second kappa shape index (κ2) is 8.98. The van der Waals surface area contributed by atoms with Gasteiger partial charge in [-0.1, -0.05) is 24.3 Å². The number of hydrogen-bond acceptors (Lipinski definition) is 3. The van der Waals surface area contributed by atoms with Crippen LogP contribution in [-0.4, -0.2) is 17.6 Å². The van der Waals surface area contributed by atoms with Crippen molar-refractivity contribution in [2.75, 3.05) is 0 Å². The van der Waals surface area contributed by atoms with Gasteiger partial charge < -0.3 is 15.4 Å². The summed E-state index contributed by atoms with van der Waals surface area (Å²) >= 11 is 0. The zero-order chi connectivity index (χ0) is 21.7. The lowest BCUT2D eigenvalue weighted by Crippen LogP contribution is -2.32. The first-order chi connectivity index (χ1) is 13.4. The normalized spacial score (nSPS) is 11.7. The minimum atomic E-state index is -4.43. The Kier molecular flexibility index (Phi) is 6.89. The van der Waals surface area contributed by atoms with Gasteiger partial charge in [-0.2, -0.15) is 13.2 Å². The fourth-order valence-corrected chi connectivity index (χ4v) is 2.40. The van der Waals surface area contributed by atoms with Gasteiger partial charge in [-0.05, 0) is 56.2 Å². The van der Waals surface area contributed by atoms with Gasteiger partial charge in [0.2, 0.25) is 0 Å². The van der Waals surface area contributed by atoms with Crippen molar-refractivity contribution >= 4 is 12.0 Å². The van der Waals surface area contributed by atoms with Crippen LogP contribution >= 0.6 is 0 Å². The fourth-order valence-electron chi connectivity index (χ4n) is 2.40. The molecule has 0 spiro atoms. The summed E-state index contributed by atoms with van der Waals surface area (Å²) in [6.07, 6.45) is -4.97. The van der Waals surface area contributed by atoms with E-state index in [4.69, 9.17) is 4.74 Å². The van der Waals surface area contributed by atoms with Crippen molar-refractivity contribution in [2.24, 2.45) is 0 Å². The number of rotatable bonds is 5. The Morgan fingerprint density at radius 2 is 1.52 bits per heavy atom. The molecule has 0 aliphatic heterocycles. The van der Waals surface area contributed by atoms with E-state index in [9.17, 15) is 22.8 Å². The predicted molar refractivity (Wildman–Crippen MR) is 102 cm³/mol. The quantitative estimate of drug-likeness (QED) is 0.756. The van der Waals surface area contributed by atoms with Crippen LogP contribution in [0.3, 0.4) is 0 Å². The van der Waals surface area contributed by atoms with Gasteiger partial charge in [0.25, 0.3) is 5.91 Å². The first-order valence-corrected chi connectivity index (χ1v) is 8.94. The summed E-state index contributed by atoms with van der Waals surface area (Å²) < 4.78 is 43.4. The Morgan fingerprint density at radius 1 is 0.897 bits per heavy atom. The first-order valence-electron chi connectivity index (χ1n) is 8.94. The number of benzene rings is 2. The molecule has 0 atom stereocenters. The second-order valence-corrected chi connectivity index (χ2v) is 7.43. The summed E-state index contributed by atoms with van der Waals surface area (Å²) in [6.45, 7) is 5.50. The largest absolute Gasteiger partial charge is 0.444 e. The molecule has 0 saturated heterocycles. The van der Waals surface area contributed by atoms with Gasteiger partial charge in [-0.15, -0.1) is 0 Å². The Hall–Kier alpha value is -3.03. The van der Waals surface area contributed by atoms with Crippen molar-refractivity contribution in [1.82, 2.24) is 10.6 Å². The molecule has 2 amide bonds. The van der Waals surface area contributed by atoms with E-state index in [1.54, 1.807) is 45.0 Å². The smallest absolute Gasteiger partial charge is 0.416 e. The van der Waals surface area contributed by atoms with Crippen LogP contribution in [0.2, 0.25) is 0 Å². The number of nitrogens with one attached hydrogen (secondary N) is 2. The molecular formula is C21H23F3N2O3. The van der Waals surface area contributed by atoms with Crippen LogP contribution in [0.25, 0.3) is 0 Å². The van der Waals surface area contributed by atoms with E-state index in [0.717, 1.165) is 17.7 Å². The molecule has 0 aliphatic carbocycles. The van der Waals surface area contributed by atoms with E-state index < -0.39 is 29.3 Å². The molecule has 2 N–H and O–H groups in total. The Labute approximate surface area is 167 Å². The van der Waals surface area contributed by atoms with Crippen molar-refractivity contribution in [3.63, 3.8) is 0 Å². The minimum absolute atomic E-state index is 0.0231. The molecule has 29 heavy (non-hydrogen) atoms. The van der Waals surface area contributed by atoms with Gasteiger partial charge >= 0.3 is 12.3 Å². The Balaban J connectivity index is 1.88. The number of hydrogen-bond donors (Lipinski definition) is 2. The third kappa shape index (κ3) is 7.48. The molecule has 0 radical (unpaired) electrons. The van der Waals surface area contributed by atoms with Crippen molar-refractivity contribution in [1.29, 1.82) is 0 Å². The molecule has 2 rings (SSSR count). The summed E-state index contributed by atoms with van der Waals surface area (Å²) in [7, 11) is 0. The van der Waals surface area contributed by atoms with Crippen molar-refractivity contribution < 1.29 is 27.5 Å². The number of amides is 2. The third-order valence-electron chi connectivity index (χ3n) is 3.76. The van der Waals surface area contributed by atoms with Crippen molar-refractivity contribution in [3.05, 3.63) is 70.8 Å². The summed E-state index contributed by atoms with van der Waals surface area (Å²) in [5.74, 6) is -0.408. The highest BCUT2D eigenvalue weighted by Gasteiger charge is 2.30. The number of carbonyl (C=O) groups is 2. The topological polar surface area (TPSA) is 67.4 Å². The van der Waals surface area contributed by atoms with E-state index in [1.165, 1.54) is 12.1 Å². The first kappa shape index (κ1) is 22.3. The van der Waals surface area contributed by atoms with E-state index in [0.29, 0.717) is 11.1 Å². The zero-order valence-electron chi connectivity index (χ0n) is 16.4. The molecule has 156 valence electrons. The molecule has 0 fully saturated rings. The summed E-state index contributed by atoms with van der Waals surface area (Å²) in [5, 5.41) is 5.21. The van der Waals surface area contributed by atoms with E-state index in [1.807, 2.05) is 0 Å². The molecule has 2 aromatic rings. The van der Waals surface area contributed by atoms with Gasteiger partial charge in [0, 0.05) is 18.7 Å². The van der Waals surface area contributed by atoms with Crippen LogP contribution in [0.1, 0.15) is 47.8 Å². The molecular weight excluding hydrogens is 385 g/mol. The minimum Gasteiger partial charge on any atom is -0.444 e. The van der Waals surface area contributed by atoms with Crippen LogP contribution in [0.5, 0.6) is 0 Å². The molecule has 0 bridgehead atoms. The van der Waals surface area contributed by atoms with Gasteiger partial charge in [0.1, 0.15) is 5.60 Å². The molecule has 2 aromatic carbocycles. The molecule has 5 nitrogen and oxygen atoms in total. The average Bonchev–Trinajstić information content (AvgIpc) is 2.63. The number of halogens is 3. The van der Waals surface area contributed by atoms with Crippen LogP contribution in [0.4, 0.5) is 18.0 Å². The Morgan fingerprint density at radius 3 is 2.10 bits per heavy atom. The Bertz CT molecular complexity index is 857. The molecule has 0 aromatic heterocycles. The van der Waals surface area contributed by atoms with Crippen molar-refractivity contribution in [2.45, 2.75) is 45.6 Å². The average molecular weight is 408 g/mol. The summed E-state index contributed by atoms with van der Waals surface area (Å²) in [6, 6.07) is 11.3. The highest BCUT2D eigenvalue weighted by Crippen LogP contribution is 2.29. The molecule has 0 aliphatic rings. The number of ether oxygens (including phenoxy) is 1. The monoisotopic (exact) mass is 408 g/mol. The highest BCUT2D eigenvalue weighted by atomic mass is 19.4. The maximum Gasteiger partial charge on any atom is 0.416 e. The van der Waals surface area contributed by atoms with E-state index in [-0.39, 0.29) is 13.1 Å². The standard InChI is InChI=1S/C21H23F3N2O3/c1-20(2,3)29-19(28)26-12-14-7-9-16(10-8-14)18(27)25-13-15-5-4-6-17(11-15)21(22,23)24/h4-11H,12-13H2,1-3H3,(H,25,27)(H,26,28). The van der Waals surface area contributed by atoms with Crippen LogP contribution in [0, 0.1) is 0 Å².